The van der Waals surface area contributed by atoms with Crippen LogP contribution in [-0.2, 0) is 0 Å². The van der Waals surface area contributed by atoms with Gasteiger partial charge in [0.2, 0.25) is 0 Å². The summed E-state index contributed by atoms with van der Waals surface area (Å²) in [6, 6.07) is 10.2. The van der Waals surface area contributed by atoms with Crippen LogP contribution in [-0.4, -0.2) is 45.6 Å². The minimum atomic E-state index is -0.00727. The minimum absolute atomic E-state index is 0.00727. The van der Waals surface area contributed by atoms with Crippen LogP contribution in [0.3, 0.4) is 0 Å². The number of hydrogen-bond acceptors (Lipinski definition) is 3. The van der Waals surface area contributed by atoms with E-state index in [0.717, 1.165) is 11.3 Å². The van der Waals surface area contributed by atoms with E-state index in [1.807, 2.05) is 48.1 Å². The molecule has 0 spiro atoms. The molecular weight excluding hydrogens is 254 g/mol. The lowest BCUT2D eigenvalue weighted by Crippen LogP contribution is -2.54. The summed E-state index contributed by atoms with van der Waals surface area (Å²) in [5.74, 6) is 0. The Morgan fingerprint density at radius 3 is 2.80 bits per heavy atom. The summed E-state index contributed by atoms with van der Waals surface area (Å²) in [4.78, 5) is 13.4. The quantitative estimate of drug-likeness (QED) is 0.921. The molecule has 0 aliphatic carbocycles. The molecule has 1 N–H and O–H groups in total. The number of urea groups is 1. The second-order valence-corrected chi connectivity index (χ2v) is 4.84. The van der Waals surface area contributed by atoms with Crippen molar-refractivity contribution < 1.29 is 4.79 Å². The van der Waals surface area contributed by atoms with E-state index in [2.05, 4.69) is 15.6 Å². The molecule has 2 heterocycles. The molecule has 2 aromatic rings. The molecule has 0 radical (unpaired) electrons. The van der Waals surface area contributed by atoms with Gasteiger partial charge in [-0.25, -0.2) is 9.48 Å². The van der Waals surface area contributed by atoms with Crippen LogP contribution in [0.4, 0.5) is 4.79 Å². The number of likely N-dealkylation sites (tertiary alicyclic amines) is 1. The summed E-state index contributed by atoms with van der Waals surface area (Å²) in [5.41, 5.74) is 1.92. The number of nitrogens with zero attached hydrogens (tertiary/aromatic N) is 4. The molecule has 1 fully saturated rings. The Balaban J connectivity index is 1.64. The Bertz CT molecular complexity index is 589. The molecule has 0 saturated carbocycles. The van der Waals surface area contributed by atoms with Crippen molar-refractivity contribution >= 4 is 6.03 Å². The number of carbonyl (C=O) groups is 1. The van der Waals surface area contributed by atoms with Gasteiger partial charge in [-0.1, -0.05) is 35.5 Å². The summed E-state index contributed by atoms with van der Waals surface area (Å²) in [5, 5.41) is 11.1. The van der Waals surface area contributed by atoms with Crippen molar-refractivity contribution in [3.8, 4) is 11.3 Å². The summed E-state index contributed by atoms with van der Waals surface area (Å²) >= 11 is 0. The summed E-state index contributed by atoms with van der Waals surface area (Å²) < 4.78 is 1.85. The van der Waals surface area contributed by atoms with Gasteiger partial charge in [-0.15, -0.1) is 5.10 Å². The van der Waals surface area contributed by atoms with Crippen LogP contribution >= 0.6 is 0 Å². The first-order valence-electron chi connectivity index (χ1n) is 6.78. The molecule has 1 aliphatic rings. The highest BCUT2D eigenvalue weighted by molar-refractivity contribution is 5.75. The normalized spacial score (nSPS) is 14.9. The third kappa shape index (κ3) is 2.36. The molecule has 1 aromatic heterocycles. The number of rotatable bonds is 3. The third-order valence-corrected chi connectivity index (χ3v) is 3.43. The standard InChI is InChI=1S/C14H17N5O/c1-2-15-14(20)18-8-12(9-18)19-10-13(16-17-19)11-6-4-3-5-7-11/h3-7,10,12H,2,8-9H2,1H3,(H,15,20). The molecule has 20 heavy (non-hydrogen) atoms. The van der Waals surface area contributed by atoms with Crippen molar-refractivity contribution in [2.24, 2.45) is 0 Å². The van der Waals surface area contributed by atoms with Crippen LogP contribution in [0.5, 0.6) is 0 Å². The Kier molecular flexibility index (Phi) is 3.37. The van der Waals surface area contributed by atoms with E-state index in [4.69, 9.17) is 0 Å². The first kappa shape index (κ1) is 12.7. The Labute approximate surface area is 117 Å². The Hall–Kier alpha value is -2.37. The van der Waals surface area contributed by atoms with E-state index in [1.54, 1.807) is 4.90 Å². The largest absolute Gasteiger partial charge is 0.338 e. The highest BCUT2D eigenvalue weighted by Crippen LogP contribution is 2.22. The molecule has 6 nitrogen and oxygen atoms in total. The number of carbonyl (C=O) groups excluding carboxylic acids is 1. The minimum Gasteiger partial charge on any atom is -0.338 e. The predicted octanol–water partition coefficient (Wildman–Crippen LogP) is 1.53. The van der Waals surface area contributed by atoms with Gasteiger partial charge in [-0.3, -0.25) is 0 Å². The second kappa shape index (κ2) is 5.32. The van der Waals surface area contributed by atoms with Gasteiger partial charge >= 0.3 is 6.03 Å². The smallest absolute Gasteiger partial charge is 0.317 e. The lowest BCUT2D eigenvalue weighted by molar-refractivity contribution is 0.118. The molecule has 2 amide bonds. The van der Waals surface area contributed by atoms with Gasteiger partial charge in [-0.05, 0) is 6.92 Å². The van der Waals surface area contributed by atoms with E-state index in [0.29, 0.717) is 19.6 Å². The first-order valence-corrected chi connectivity index (χ1v) is 6.78. The lowest BCUT2D eigenvalue weighted by atomic mass is 10.1. The Morgan fingerprint density at radius 2 is 2.10 bits per heavy atom. The molecule has 1 aromatic carbocycles. The zero-order chi connectivity index (χ0) is 13.9. The summed E-state index contributed by atoms with van der Waals surface area (Å²) in [6.07, 6.45) is 1.94. The average Bonchev–Trinajstić information content (AvgIpc) is 2.88. The van der Waals surface area contributed by atoms with Gasteiger partial charge in [0, 0.05) is 25.2 Å². The number of benzene rings is 1. The fourth-order valence-electron chi connectivity index (χ4n) is 2.25. The van der Waals surface area contributed by atoms with E-state index in [1.165, 1.54) is 0 Å². The van der Waals surface area contributed by atoms with E-state index >= 15 is 0 Å². The Morgan fingerprint density at radius 1 is 1.35 bits per heavy atom. The van der Waals surface area contributed by atoms with Crippen LogP contribution < -0.4 is 5.32 Å². The average molecular weight is 271 g/mol. The zero-order valence-corrected chi connectivity index (χ0v) is 11.4. The van der Waals surface area contributed by atoms with Crippen LogP contribution in [0.25, 0.3) is 11.3 Å². The zero-order valence-electron chi connectivity index (χ0n) is 11.4. The van der Waals surface area contributed by atoms with Crippen LogP contribution in [0.1, 0.15) is 13.0 Å². The molecule has 1 saturated heterocycles. The molecule has 0 atom stereocenters. The van der Waals surface area contributed by atoms with Crippen molar-refractivity contribution in [3.05, 3.63) is 36.5 Å². The van der Waals surface area contributed by atoms with Crippen molar-refractivity contribution in [3.63, 3.8) is 0 Å². The number of amides is 2. The van der Waals surface area contributed by atoms with E-state index < -0.39 is 0 Å². The summed E-state index contributed by atoms with van der Waals surface area (Å²) in [7, 11) is 0. The summed E-state index contributed by atoms with van der Waals surface area (Å²) in [6.45, 7) is 3.94. The third-order valence-electron chi connectivity index (χ3n) is 3.43. The molecular formula is C14H17N5O. The lowest BCUT2D eigenvalue weighted by Gasteiger charge is -2.38. The van der Waals surface area contributed by atoms with Crippen molar-refractivity contribution in [2.45, 2.75) is 13.0 Å². The van der Waals surface area contributed by atoms with Crippen LogP contribution in [0.2, 0.25) is 0 Å². The van der Waals surface area contributed by atoms with Crippen molar-refractivity contribution in [1.29, 1.82) is 0 Å². The highest BCUT2D eigenvalue weighted by atomic mass is 16.2. The second-order valence-electron chi connectivity index (χ2n) is 4.84. The van der Waals surface area contributed by atoms with E-state index in [-0.39, 0.29) is 12.1 Å². The number of aromatic nitrogens is 3. The van der Waals surface area contributed by atoms with Crippen molar-refractivity contribution in [2.75, 3.05) is 19.6 Å². The monoisotopic (exact) mass is 271 g/mol. The molecule has 6 heteroatoms. The van der Waals surface area contributed by atoms with Gasteiger partial charge in [0.05, 0.1) is 12.2 Å². The van der Waals surface area contributed by atoms with Gasteiger partial charge in [-0.2, -0.15) is 0 Å². The fraction of sp³-hybridized carbons (Fsp3) is 0.357. The first-order chi connectivity index (χ1) is 9.78. The van der Waals surface area contributed by atoms with E-state index in [9.17, 15) is 4.79 Å². The SMILES string of the molecule is CCNC(=O)N1CC(n2cc(-c3ccccc3)nn2)C1. The maximum Gasteiger partial charge on any atom is 0.317 e. The van der Waals surface area contributed by atoms with Gasteiger partial charge in [0.25, 0.3) is 0 Å². The maximum absolute atomic E-state index is 11.6. The molecule has 1 aliphatic heterocycles. The maximum atomic E-state index is 11.6. The molecule has 0 bridgehead atoms. The van der Waals surface area contributed by atoms with Gasteiger partial charge < -0.3 is 10.2 Å². The van der Waals surface area contributed by atoms with Crippen LogP contribution in [0.15, 0.2) is 36.5 Å². The molecule has 3 rings (SSSR count). The number of nitrogens with one attached hydrogen (secondary N) is 1. The van der Waals surface area contributed by atoms with Gasteiger partial charge in [0.15, 0.2) is 0 Å². The van der Waals surface area contributed by atoms with Crippen molar-refractivity contribution in [1.82, 2.24) is 25.2 Å². The predicted molar refractivity (Wildman–Crippen MR) is 75.1 cm³/mol. The number of hydrogen-bond donors (Lipinski definition) is 1. The molecule has 0 unspecified atom stereocenters. The van der Waals surface area contributed by atoms with Crippen LogP contribution in [0, 0.1) is 0 Å². The fourth-order valence-corrected chi connectivity index (χ4v) is 2.25. The molecule has 104 valence electrons. The van der Waals surface area contributed by atoms with Gasteiger partial charge in [0.1, 0.15) is 5.69 Å². The topological polar surface area (TPSA) is 63.1 Å². The highest BCUT2D eigenvalue weighted by Gasteiger charge is 2.32.